The minimum Gasteiger partial charge on any atom is -0.493 e. The topological polar surface area (TPSA) is 71.8 Å². The number of hydrogen-bond donors (Lipinski definition) is 1. The van der Waals surface area contributed by atoms with Crippen LogP contribution in [-0.4, -0.2) is 43.6 Å². The highest BCUT2D eigenvalue weighted by atomic mass is 16.5. The molecule has 150 valence electrons. The van der Waals surface area contributed by atoms with Gasteiger partial charge in [0.15, 0.2) is 5.43 Å². The number of hydrogen-bond acceptors (Lipinski definition) is 5. The lowest BCUT2D eigenvalue weighted by Crippen LogP contribution is -2.46. The van der Waals surface area contributed by atoms with E-state index in [1.54, 1.807) is 18.2 Å². The van der Waals surface area contributed by atoms with Gasteiger partial charge in [-0.3, -0.25) is 9.59 Å². The van der Waals surface area contributed by atoms with E-state index in [0.717, 1.165) is 31.7 Å². The van der Waals surface area contributed by atoms with Gasteiger partial charge in [-0.25, -0.2) is 0 Å². The minimum atomic E-state index is -0.0642. The van der Waals surface area contributed by atoms with Crippen LogP contribution in [-0.2, 0) is 4.79 Å². The molecule has 1 aliphatic heterocycles. The third-order valence-electron chi connectivity index (χ3n) is 5.10. The fourth-order valence-electron chi connectivity index (χ4n) is 3.50. The van der Waals surface area contributed by atoms with Crippen molar-refractivity contribution in [1.29, 1.82) is 0 Å². The molecular formula is C23H24N2O4. The summed E-state index contributed by atoms with van der Waals surface area (Å²) in [5, 5.41) is 3.76. The summed E-state index contributed by atoms with van der Waals surface area (Å²) in [5.41, 5.74) is 1.80. The lowest BCUT2D eigenvalue weighted by molar-refractivity contribution is -0.132. The summed E-state index contributed by atoms with van der Waals surface area (Å²) in [5.74, 6) is 0.802. The van der Waals surface area contributed by atoms with E-state index < -0.39 is 0 Å². The molecule has 3 aromatic rings. The Bertz CT molecular complexity index is 1040. The molecule has 1 aliphatic rings. The predicted octanol–water partition coefficient (Wildman–Crippen LogP) is 3.05. The number of amides is 1. The summed E-state index contributed by atoms with van der Waals surface area (Å²) in [7, 11) is 0. The van der Waals surface area contributed by atoms with Crippen LogP contribution in [0.2, 0.25) is 0 Å². The molecule has 6 nitrogen and oxygen atoms in total. The van der Waals surface area contributed by atoms with E-state index in [1.165, 1.54) is 6.26 Å². The van der Waals surface area contributed by atoms with Crippen molar-refractivity contribution < 1.29 is 13.9 Å². The Morgan fingerprint density at radius 1 is 1.10 bits per heavy atom. The number of ether oxygens (including phenoxy) is 1. The molecule has 0 saturated carbocycles. The van der Waals surface area contributed by atoms with Crippen LogP contribution in [0.4, 0.5) is 0 Å². The maximum Gasteiger partial charge on any atom is 0.222 e. The standard InChI is InChI=1S/C23H24N2O4/c26-22(25-12-10-24-11-13-25)7-4-14-28-18-8-9-19-21(15-18)29-16-20(23(19)27)17-5-2-1-3-6-17/h1-3,5-6,8-9,15-16,24H,4,7,10-14H2. The molecule has 0 spiro atoms. The van der Waals surface area contributed by atoms with Crippen molar-refractivity contribution in [1.82, 2.24) is 10.2 Å². The number of carbonyl (C=O) groups excluding carboxylic acids is 1. The van der Waals surface area contributed by atoms with E-state index in [1.807, 2.05) is 35.2 Å². The molecule has 2 aromatic carbocycles. The number of rotatable bonds is 6. The van der Waals surface area contributed by atoms with Gasteiger partial charge >= 0.3 is 0 Å². The molecule has 29 heavy (non-hydrogen) atoms. The highest BCUT2D eigenvalue weighted by Crippen LogP contribution is 2.23. The highest BCUT2D eigenvalue weighted by Gasteiger charge is 2.15. The van der Waals surface area contributed by atoms with Gasteiger partial charge in [0.2, 0.25) is 5.91 Å². The Kier molecular flexibility index (Phi) is 5.91. The molecule has 2 heterocycles. The summed E-state index contributed by atoms with van der Waals surface area (Å²) in [4.78, 5) is 26.8. The second-order valence-electron chi connectivity index (χ2n) is 7.09. The average molecular weight is 392 g/mol. The van der Waals surface area contributed by atoms with Crippen molar-refractivity contribution in [2.24, 2.45) is 0 Å². The van der Waals surface area contributed by atoms with Crippen molar-refractivity contribution >= 4 is 16.9 Å². The van der Waals surface area contributed by atoms with Gasteiger partial charge in [0.25, 0.3) is 0 Å². The van der Waals surface area contributed by atoms with Gasteiger partial charge in [0.05, 0.1) is 17.6 Å². The molecule has 0 bridgehead atoms. The third-order valence-corrected chi connectivity index (χ3v) is 5.10. The van der Waals surface area contributed by atoms with E-state index in [9.17, 15) is 9.59 Å². The third kappa shape index (κ3) is 4.49. The summed E-state index contributed by atoms with van der Waals surface area (Å²) in [6.45, 7) is 3.70. The molecule has 1 N–H and O–H groups in total. The summed E-state index contributed by atoms with van der Waals surface area (Å²) < 4.78 is 11.5. The monoisotopic (exact) mass is 392 g/mol. The Hall–Kier alpha value is -3.12. The van der Waals surface area contributed by atoms with Crippen molar-refractivity contribution in [3.05, 3.63) is 65.0 Å². The lowest BCUT2D eigenvalue weighted by Gasteiger charge is -2.27. The van der Waals surface area contributed by atoms with Crippen LogP contribution in [0, 0.1) is 0 Å². The van der Waals surface area contributed by atoms with Gasteiger partial charge in [-0.15, -0.1) is 0 Å². The number of piperazine rings is 1. The van der Waals surface area contributed by atoms with Crippen LogP contribution < -0.4 is 15.5 Å². The van der Waals surface area contributed by atoms with Crippen molar-refractivity contribution in [2.75, 3.05) is 32.8 Å². The average Bonchev–Trinajstić information content (AvgIpc) is 2.78. The van der Waals surface area contributed by atoms with Gasteiger partial charge in [0.1, 0.15) is 17.6 Å². The predicted molar refractivity (Wildman–Crippen MR) is 112 cm³/mol. The Morgan fingerprint density at radius 3 is 2.69 bits per heavy atom. The summed E-state index contributed by atoms with van der Waals surface area (Å²) in [6, 6.07) is 14.7. The van der Waals surface area contributed by atoms with E-state index in [2.05, 4.69) is 5.32 Å². The normalized spacial score (nSPS) is 14.1. The van der Waals surface area contributed by atoms with Crippen LogP contribution in [0.5, 0.6) is 5.75 Å². The van der Waals surface area contributed by atoms with Gasteiger partial charge in [-0.2, -0.15) is 0 Å². The zero-order chi connectivity index (χ0) is 20.1. The number of carbonyl (C=O) groups is 1. The largest absolute Gasteiger partial charge is 0.493 e. The van der Waals surface area contributed by atoms with E-state index in [0.29, 0.717) is 41.7 Å². The zero-order valence-corrected chi connectivity index (χ0v) is 16.2. The van der Waals surface area contributed by atoms with Crippen molar-refractivity contribution in [3.63, 3.8) is 0 Å². The molecule has 0 radical (unpaired) electrons. The number of nitrogens with one attached hydrogen (secondary N) is 1. The Morgan fingerprint density at radius 2 is 1.90 bits per heavy atom. The van der Waals surface area contributed by atoms with E-state index in [-0.39, 0.29) is 11.3 Å². The molecular weight excluding hydrogens is 368 g/mol. The first-order valence-electron chi connectivity index (χ1n) is 9.94. The van der Waals surface area contributed by atoms with E-state index in [4.69, 9.17) is 9.15 Å². The van der Waals surface area contributed by atoms with Crippen LogP contribution >= 0.6 is 0 Å². The highest BCUT2D eigenvalue weighted by molar-refractivity contribution is 5.82. The van der Waals surface area contributed by atoms with Gasteiger partial charge in [-0.1, -0.05) is 30.3 Å². The van der Waals surface area contributed by atoms with Crippen molar-refractivity contribution in [3.8, 4) is 16.9 Å². The maximum atomic E-state index is 12.8. The zero-order valence-electron chi connectivity index (χ0n) is 16.2. The summed E-state index contributed by atoms with van der Waals surface area (Å²) in [6.07, 6.45) is 2.62. The molecule has 1 saturated heterocycles. The van der Waals surface area contributed by atoms with Crippen molar-refractivity contribution in [2.45, 2.75) is 12.8 Å². The quantitative estimate of drug-likeness (QED) is 0.653. The molecule has 0 unspecified atom stereocenters. The number of nitrogens with zero attached hydrogens (tertiary/aromatic N) is 1. The smallest absolute Gasteiger partial charge is 0.222 e. The van der Waals surface area contributed by atoms with Gasteiger partial charge in [0, 0.05) is 38.7 Å². The minimum absolute atomic E-state index is 0.0642. The lowest BCUT2D eigenvalue weighted by atomic mass is 10.1. The SMILES string of the molecule is O=C(CCCOc1ccc2c(=O)c(-c3ccccc3)coc2c1)N1CCNCC1. The first kappa shape index (κ1) is 19.2. The van der Waals surface area contributed by atoms with Crippen LogP contribution in [0.3, 0.4) is 0 Å². The molecule has 4 rings (SSSR count). The number of benzene rings is 2. The van der Waals surface area contributed by atoms with Crippen LogP contribution in [0.1, 0.15) is 12.8 Å². The van der Waals surface area contributed by atoms with Crippen LogP contribution in [0.15, 0.2) is 64.0 Å². The van der Waals surface area contributed by atoms with Gasteiger partial charge in [-0.05, 0) is 24.1 Å². The molecule has 0 aliphatic carbocycles. The Balaban J connectivity index is 1.38. The maximum absolute atomic E-state index is 12.8. The molecule has 0 atom stereocenters. The molecule has 1 amide bonds. The molecule has 1 aromatic heterocycles. The Labute approximate surface area is 169 Å². The fraction of sp³-hybridized carbons (Fsp3) is 0.304. The first-order chi connectivity index (χ1) is 14.2. The molecule has 1 fully saturated rings. The van der Waals surface area contributed by atoms with E-state index >= 15 is 0 Å². The van der Waals surface area contributed by atoms with Crippen LogP contribution in [0.25, 0.3) is 22.1 Å². The fourth-order valence-corrected chi connectivity index (χ4v) is 3.50. The second-order valence-corrected chi connectivity index (χ2v) is 7.09. The number of fused-ring (bicyclic) bond motifs is 1. The second kappa shape index (κ2) is 8.92. The van der Waals surface area contributed by atoms with Gasteiger partial charge < -0.3 is 19.4 Å². The first-order valence-corrected chi connectivity index (χ1v) is 9.94. The molecule has 6 heteroatoms. The summed E-state index contributed by atoms with van der Waals surface area (Å²) >= 11 is 0.